The van der Waals surface area contributed by atoms with Crippen molar-refractivity contribution in [3.63, 3.8) is 0 Å². The third-order valence-corrected chi connectivity index (χ3v) is 10.5. The number of nitrogens with zero attached hydrogens (tertiary/aromatic N) is 4. The van der Waals surface area contributed by atoms with E-state index in [1.807, 2.05) is 4.90 Å². The quantitative estimate of drug-likeness (QED) is 0.434. The van der Waals surface area contributed by atoms with E-state index in [-0.39, 0.29) is 16.7 Å². The fraction of sp³-hybridized carbons (Fsp3) is 0.562. The zero-order valence-electron chi connectivity index (χ0n) is 23.6. The number of hydrogen-bond donors (Lipinski definition) is 2. The number of fused-ring (bicyclic) bond motifs is 5. The Morgan fingerprint density at radius 3 is 2.76 bits per heavy atom. The predicted molar refractivity (Wildman–Crippen MR) is 153 cm³/mol. The van der Waals surface area contributed by atoms with Gasteiger partial charge in [-0.15, -0.1) is 0 Å². The molecule has 2 N–H and O–H groups in total. The first kappa shape index (κ1) is 26.5. The van der Waals surface area contributed by atoms with Gasteiger partial charge in [-0.25, -0.2) is 13.2 Å². The fourth-order valence-corrected chi connectivity index (χ4v) is 8.58. The number of ether oxygens (including phenoxy) is 1. The number of alkyl halides is 1. The van der Waals surface area contributed by atoms with E-state index in [0.29, 0.717) is 74.2 Å². The number of phenols is 1. The van der Waals surface area contributed by atoms with Crippen LogP contribution in [0.3, 0.4) is 0 Å². The van der Waals surface area contributed by atoms with E-state index in [2.05, 4.69) is 10.2 Å². The van der Waals surface area contributed by atoms with Gasteiger partial charge < -0.3 is 20.1 Å². The summed E-state index contributed by atoms with van der Waals surface area (Å²) in [7, 11) is 0. The van der Waals surface area contributed by atoms with Crippen molar-refractivity contribution in [3.8, 4) is 11.8 Å². The van der Waals surface area contributed by atoms with Crippen LogP contribution < -0.4 is 15.0 Å². The molecule has 10 heteroatoms. The summed E-state index contributed by atoms with van der Waals surface area (Å²) in [6, 6.07) is 6.83. The van der Waals surface area contributed by atoms with E-state index >= 15 is 4.39 Å². The number of rotatable bonds is 5. The molecule has 0 spiro atoms. The summed E-state index contributed by atoms with van der Waals surface area (Å²) in [5.41, 5.74) is 3.11. The van der Waals surface area contributed by atoms with Gasteiger partial charge in [-0.1, -0.05) is 6.07 Å². The molecule has 1 aromatic heterocycles. The molecular weight excluding hydrogens is 543 g/mol. The minimum absolute atomic E-state index is 0.00464. The molecule has 7 nitrogen and oxygen atoms in total. The Bertz CT molecular complexity index is 1540. The van der Waals surface area contributed by atoms with Gasteiger partial charge in [0.1, 0.15) is 18.5 Å². The second-order valence-corrected chi connectivity index (χ2v) is 13.1. The predicted octanol–water partition coefficient (Wildman–Crippen LogP) is 5.13. The molecule has 2 unspecified atom stereocenters. The second-order valence-electron chi connectivity index (χ2n) is 13.1. The van der Waals surface area contributed by atoms with Gasteiger partial charge in [-0.2, -0.15) is 9.97 Å². The molecule has 6 heterocycles. The minimum Gasteiger partial charge on any atom is -0.508 e. The lowest BCUT2D eigenvalue weighted by atomic mass is 9.85. The summed E-state index contributed by atoms with van der Waals surface area (Å²) in [5.74, 6) is -1.55. The molecule has 3 aromatic rings. The van der Waals surface area contributed by atoms with Gasteiger partial charge in [0.05, 0.1) is 29.2 Å². The van der Waals surface area contributed by atoms with E-state index in [0.717, 1.165) is 55.2 Å². The van der Waals surface area contributed by atoms with E-state index < -0.39 is 17.8 Å². The lowest BCUT2D eigenvalue weighted by molar-refractivity contribution is 0.106. The minimum atomic E-state index is -0.922. The van der Waals surface area contributed by atoms with Crippen molar-refractivity contribution in [1.29, 1.82) is 0 Å². The third kappa shape index (κ3) is 4.40. The number of phenolic OH excluding ortho intramolecular Hbond substituents is 1. The van der Waals surface area contributed by atoms with Crippen molar-refractivity contribution < 1.29 is 23.0 Å². The highest BCUT2D eigenvalue weighted by Gasteiger charge is 2.49. The van der Waals surface area contributed by atoms with Gasteiger partial charge in [0.2, 0.25) is 0 Å². The van der Waals surface area contributed by atoms with Crippen molar-refractivity contribution in [2.45, 2.75) is 87.6 Å². The highest BCUT2D eigenvalue weighted by atomic mass is 19.2. The summed E-state index contributed by atoms with van der Waals surface area (Å²) in [4.78, 5) is 14.1. The molecule has 0 aliphatic carbocycles. The second kappa shape index (κ2) is 9.98. The number of nitrogens with one attached hydrogen (secondary N) is 1. The molecule has 2 aromatic carbocycles. The highest BCUT2D eigenvalue weighted by Crippen LogP contribution is 2.43. The van der Waals surface area contributed by atoms with E-state index in [9.17, 15) is 13.9 Å². The van der Waals surface area contributed by atoms with Crippen molar-refractivity contribution in [1.82, 2.24) is 20.2 Å². The molecular formula is C32H36F3N5O2. The Labute approximate surface area is 243 Å². The van der Waals surface area contributed by atoms with Crippen LogP contribution in [0.1, 0.15) is 67.8 Å². The van der Waals surface area contributed by atoms with E-state index in [4.69, 9.17) is 14.7 Å². The standard InChI is InChI=1S/C32H36F3N5O2/c33-20-14-32(7-1-8-40(32)15-20)17-42-31-37-26-16-39(27-13-23(41)12-18-2-5-25(34)29(35)28(18)27)9-6-24(26)30(38-31)19-10-21-3-4-22(11-19)36-21/h2,5,12-13,19-22,36,41H,1,3-4,6-11,14-17H2/t19?,20?,21-,22+,32-/m0/s1. The Morgan fingerprint density at radius 2 is 1.93 bits per heavy atom. The van der Waals surface area contributed by atoms with Crippen LogP contribution >= 0.6 is 0 Å². The SMILES string of the molecule is Oc1cc(N2CCc3c(nc(OC[C@@]45CCCN4CC(F)C5)nc3C3C[C@H]4CC[C@@H](C3)N4)C2)c2c(F)c(F)ccc2c1. The van der Waals surface area contributed by atoms with Crippen molar-refractivity contribution >= 4 is 16.5 Å². The van der Waals surface area contributed by atoms with Gasteiger partial charge in [-0.05, 0) is 74.6 Å². The molecule has 4 saturated heterocycles. The topological polar surface area (TPSA) is 73.8 Å². The average molecular weight is 580 g/mol. The molecule has 222 valence electrons. The van der Waals surface area contributed by atoms with Crippen LogP contribution in [0, 0.1) is 11.6 Å². The lowest BCUT2D eigenvalue weighted by Crippen LogP contribution is -2.43. The highest BCUT2D eigenvalue weighted by molar-refractivity contribution is 5.96. The third-order valence-electron chi connectivity index (χ3n) is 10.5. The van der Waals surface area contributed by atoms with Crippen molar-refractivity contribution in [2.75, 3.05) is 31.1 Å². The molecule has 0 amide bonds. The monoisotopic (exact) mass is 579 g/mol. The van der Waals surface area contributed by atoms with Crippen LogP contribution in [-0.4, -0.2) is 70.0 Å². The van der Waals surface area contributed by atoms with Crippen molar-refractivity contribution in [3.05, 3.63) is 52.9 Å². The van der Waals surface area contributed by atoms with Crippen LogP contribution in [0.15, 0.2) is 24.3 Å². The summed E-state index contributed by atoms with van der Waals surface area (Å²) in [6.45, 7) is 2.63. The number of aromatic hydroxyl groups is 1. The van der Waals surface area contributed by atoms with Gasteiger partial charge in [0.25, 0.3) is 0 Å². The Kier molecular flexibility index (Phi) is 6.30. The van der Waals surface area contributed by atoms with Crippen LogP contribution in [0.5, 0.6) is 11.8 Å². The Hall–Kier alpha value is -3.11. The zero-order valence-corrected chi connectivity index (χ0v) is 23.6. The van der Waals surface area contributed by atoms with Gasteiger partial charge in [0, 0.05) is 49.0 Å². The zero-order chi connectivity index (χ0) is 28.6. The lowest BCUT2D eigenvalue weighted by Gasteiger charge is -2.35. The molecule has 5 atom stereocenters. The molecule has 0 saturated carbocycles. The maximum Gasteiger partial charge on any atom is 0.316 e. The molecule has 2 bridgehead atoms. The molecule has 5 aliphatic rings. The van der Waals surface area contributed by atoms with Gasteiger partial charge >= 0.3 is 6.01 Å². The number of halogens is 3. The first-order chi connectivity index (χ1) is 20.3. The number of piperidine rings is 1. The molecule has 42 heavy (non-hydrogen) atoms. The summed E-state index contributed by atoms with van der Waals surface area (Å²) in [5, 5.41) is 14.8. The van der Waals surface area contributed by atoms with E-state index in [1.54, 1.807) is 0 Å². The Morgan fingerprint density at radius 1 is 1.10 bits per heavy atom. The molecule has 5 aliphatic heterocycles. The summed E-state index contributed by atoms with van der Waals surface area (Å²) in [6.07, 6.45) is 6.63. The smallest absolute Gasteiger partial charge is 0.316 e. The Balaban J connectivity index is 1.16. The summed E-state index contributed by atoms with van der Waals surface area (Å²) < 4.78 is 50.2. The van der Waals surface area contributed by atoms with Crippen LogP contribution in [0.4, 0.5) is 18.9 Å². The average Bonchev–Trinajstić information content (AvgIpc) is 3.63. The van der Waals surface area contributed by atoms with Gasteiger partial charge in [-0.3, -0.25) is 4.90 Å². The normalized spacial score (nSPS) is 30.6. The largest absolute Gasteiger partial charge is 0.508 e. The molecule has 0 radical (unpaired) electrons. The maximum atomic E-state index is 15.1. The number of anilines is 1. The van der Waals surface area contributed by atoms with Crippen LogP contribution in [-0.2, 0) is 13.0 Å². The number of aromatic nitrogens is 2. The maximum absolute atomic E-state index is 15.1. The van der Waals surface area contributed by atoms with Gasteiger partial charge in [0.15, 0.2) is 11.6 Å². The van der Waals surface area contributed by atoms with E-state index in [1.165, 1.54) is 31.0 Å². The first-order valence-corrected chi connectivity index (χ1v) is 15.4. The number of benzene rings is 2. The number of hydrogen-bond acceptors (Lipinski definition) is 7. The fourth-order valence-electron chi connectivity index (χ4n) is 8.58. The van der Waals surface area contributed by atoms with Crippen LogP contribution in [0.25, 0.3) is 10.8 Å². The first-order valence-electron chi connectivity index (χ1n) is 15.4. The summed E-state index contributed by atoms with van der Waals surface area (Å²) >= 11 is 0. The van der Waals surface area contributed by atoms with Crippen molar-refractivity contribution in [2.24, 2.45) is 0 Å². The van der Waals surface area contributed by atoms with Crippen LogP contribution in [0.2, 0.25) is 0 Å². The molecule has 8 rings (SSSR count). The molecule has 4 fully saturated rings.